The molecule has 0 spiro atoms. The van der Waals surface area contributed by atoms with Gasteiger partial charge in [-0.1, -0.05) is 43.3 Å². The molecule has 0 radical (unpaired) electrons. The van der Waals surface area contributed by atoms with Crippen LogP contribution in [0, 0.1) is 0 Å². The summed E-state index contributed by atoms with van der Waals surface area (Å²) in [5.74, 6) is -0.902. The lowest BCUT2D eigenvalue weighted by atomic mass is 9.95. The molecule has 0 saturated heterocycles. The average Bonchev–Trinajstić information content (AvgIpc) is 2.78. The molecule has 0 bridgehead atoms. The van der Waals surface area contributed by atoms with E-state index in [1.807, 2.05) is 24.3 Å². The third kappa shape index (κ3) is 2.20. The maximum Gasteiger partial charge on any atom is 0.374 e. The molecule has 1 N–H and O–H groups in total. The summed E-state index contributed by atoms with van der Waals surface area (Å²) in [7, 11) is 0. The molecule has 0 saturated carbocycles. The number of aromatic nitrogens is 1. The van der Waals surface area contributed by atoms with E-state index in [-0.39, 0.29) is 5.76 Å². The Hall–Kier alpha value is -2.10. The monoisotopic (exact) mass is 231 g/mol. The third-order valence-corrected chi connectivity index (χ3v) is 2.58. The van der Waals surface area contributed by atoms with Crippen LogP contribution in [0.15, 0.2) is 34.9 Å². The Balaban J connectivity index is 2.48. The van der Waals surface area contributed by atoms with Crippen molar-refractivity contribution >= 4 is 5.97 Å². The van der Waals surface area contributed by atoms with Crippen molar-refractivity contribution in [3.63, 3.8) is 0 Å². The van der Waals surface area contributed by atoms with Crippen LogP contribution in [0.5, 0.6) is 0 Å². The number of hydrogen-bond donors (Lipinski definition) is 1. The SMILES string of the molecule is CC(C)c1ccccc1-c1cc(C(=O)O)on1. The number of carboxylic acids is 1. The van der Waals surface area contributed by atoms with Crippen molar-refractivity contribution in [2.24, 2.45) is 0 Å². The predicted octanol–water partition coefficient (Wildman–Crippen LogP) is 3.16. The van der Waals surface area contributed by atoms with Crippen LogP contribution >= 0.6 is 0 Å². The Morgan fingerprint density at radius 2 is 2.06 bits per heavy atom. The molecule has 4 heteroatoms. The summed E-state index contributed by atoms with van der Waals surface area (Å²) in [6.45, 7) is 4.16. The number of aromatic carboxylic acids is 1. The highest BCUT2D eigenvalue weighted by Gasteiger charge is 2.15. The first-order chi connectivity index (χ1) is 8.09. The van der Waals surface area contributed by atoms with Crippen molar-refractivity contribution in [3.8, 4) is 11.3 Å². The molecule has 4 nitrogen and oxygen atoms in total. The zero-order chi connectivity index (χ0) is 12.4. The third-order valence-electron chi connectivity index (χ3n) is 2.58. The second kappa shape index (κ2) is 4.41. The lowest BCUT2D eigenvalue weighted by Gasteiger charge is -2.09. The molecular formula is C13H13NO3. The summed E-state index contributed by atoms with van der Waals surface area (Å²) >= 11 is 0. The second-order valence-corrected chi connectivity index (χ2v) is 4.12. The standard InChI is InChI=1S/C13H13NO3/c1-8(2)9-5-3-4-6-10(9)11-7-12(13(15)16)17-14-11/h3-8H,1-2H3,(H,15,16). The highest BCUT2D eigenvalue weighted by Crippen LogP contribution is 2.28. The minimum absolute atomic E-state index is 0.140. The van der Waals surface area contributed by atoms with E-state index in [0.717, 1.165) is 11.1 Å². The number of nitrogens with zero attached hydrogens (tertiary/aromatic N) is 1. The molecule has 2 rings (SSSR count). The van der Waals surface area contributed by atoms with E-state index in [2.05, 4.69) is 19.0 Å². The van der Waals surface area contributed by atoms with Gasteiger partial charge in [-0.3, -0.25) is 0 Å². The molecule has 0 fully saturated rings. The van der Waals surface area contributed by atoms with Crippen molar-refractivity contribution in [1.29, 1.82) is 0 Å². The van der Waals surface area contributed by atoms with E-state index >= 15 is 0 Å². The number of benzene rings is 1. The molecule has 1 heterocycles. The lowest BCUT2D eigenvalue weighted by molar-refractivity contribution is 0.0652. The van der Waals surface area contributed by atoms with Crippen LogP contribution in [0.25, 0.3) is 11.3 Å². The minimum Gasteiger partial charge on any atom is -0.475 e. The average molecular weight is 231 g/mol. The van der Waals surface area contributed by atoms with Crippen molar-refractivity contribution < 1.29 is 14.4 Å². The van der Waals surface area contributed by atoms with Gasteiger partial charge in [-0.25, -0.2) is 4.79 Å². The molecule has 0 aliphatic carbocycles. The number of carbonyl (C=O) groups is 1. The Labute approximate surface area is 98.9 Å². The van der Waals surface area contributed by atoms with Gasteiger partial charge in [0, 0.05) is 11.6 Å². The van der Waals surface area contributed by atoms with Gasteiger partial charge in [0.25, 0.3) is 0 Å². The molecule has 0 aliphatic heterocycles. The zero-order valence-electron chi connectivity index (χ0n) is 9.68. The molecule has 0 atom stereocenters. The summed E-state index contributed by atoms with van der Waals surface area (Å²) in [5, 5.41) is 12.6. The smallest absolute Gasteiger partial charge is 0.374 e. The van der Waals surface area contributed by atoms with Gasteiger partial charge >= 0.3 is 5.97 Å². The van der Waals surface area contributed by atoms with Gasteiger partial charge in [0.05, 0.1) is 0 Å². The van der Waals surface area contributed by atoms with E-state index < -0.39 is 5.97 Å². The van der Waals surface area contributed by atoms with Gasteiger partial charge in [-0.15, -0.1) is 0 Å². The first-order valence-electron chi connectivity index (χ1n) is 5.39. The zero-order valence-corrected chi connectivity index (χ0v) is 9.68. The number of hydrogen-bond acceptors (Lipinski definition) is 3. The van der Waals surface area contributed by atoms with Crippen LogP contribution in [-0.2, 0) is 0 Å². The molecular weight excluding hydrogens is 218 g/mol. The molecule has 0 unspecified atom stereocenters. The molecule has 1 aromatic carbocycles. The number of rotatable bonds is 3. The topological polar surface area (TPSA) is 63.3 Å². The summed E-state index contributed by atoms with van der Waals surface area (Å²) in [6.07, 6.45) is 0. The fourth-order valence-corrected chi connectivity index (χ4v) is 1.74. The van der Waals surface area contributed by atoms with Crippen LogP contribution in [-0.4, -0.2) is 16.2 Å². The van der Waals surface area contributed by atoms with Gasteiger partial charge in [-0.05, 0) is 11.5 Å². The van der Waals surface area contributed by atoms with E-state index in [1.54, 1.807) is 0 Å². The van der Waals surface area contributed by atoms with Crippen molar-refractivity contribution in [2.75, 3.05) is 0 Å². The van der Waals surface area contributed by atoms with Crippen LogP contribution in [0.3, 0.4) is 0 Å². The minimum atomic E-state index is -1.11. The fraction of sp³-hybridized carbons (Fsp3) is 0.231. The molecule has 17 heavy (non-hydrogen) atoms. The van der Waals surface area contributed by atoms with Crippen LogP contribution in [0.2, 0.25) is 0 Å². The van der Waals surface area contributed by atoms with Crippen molar-refractivity contribution in [3.05, 3.63) is 41.7 Å². The summed E-state index contributed by atoms with van der Waals surface area (Å²) in [4.78, 5) is 10.7. The molecule has 2 aromatic rings. The first kappa shape index (κ1) is 11.4. The maximum absolute atomic E-state index is 10.7. The van der Waals surface area contributed by atoms with Crippen molar-refractivity contribution in [1.82, 2.24) is 5.16 Å². The van der Waals surface area contributed by atoms with Gasteiger partial charge < -0.3 is 9.63 Å². The second-order valence-electron chi connectivity index (χ2n) is 4.12. The van der Waals surface area contributed by atoms with E-state index in [9.17, 15) is 4.79 Å². The van der Waals surface area contributed by atoms with Crippen molar-refractivity contribution in [2.45, 2.75) is 19.8 Å². The molecule has 0 aliphatic rings. The van der Waals surface area contributed by atoms with Gasteiger partial charge in [0.1, 0.15) is 5.69 Å². The Kier molecular flexibility index (Phi) is 2.95. The van der Waals surface area contributed by atoms with Crippen LogP contribution in [0.1, 0.15) is 35.9 Å². The highest BCUT2D eigenvalue weighted by molar-refractivity contribution is 5.85. The van der Waals surface area contributed by atoms with E-state index in [0.29, 0.717) is 11.6 Å². The van der Waals surface area contributed by atoms with Gasteiger partial charge in [0.2, 0.25) is 5.76 Å². The highest BCUT2D eigenvalue weighted by atomic mass is 16.5. The van der Waals surface area contributed by atoms with Crippen LogP contribution in [0.4, 0.5) is 0 Å². The lowest BCUT2D eigenvalue weighted by Crippen LogP contribution is -1.93. The molecule has 1 aromatic heterocycles. The van der Waals surface area contributed by atoms with Crippen LogP contribution < -0.4 is 0 Å². The van der Waals surface area contributed by atoms with Gasteiger partial charge in [0.15, 0.2) is 0 Å². The Morgan fingerprint density at radius 3 is 2.65 bits per heavy atom. The normalized spacial score (nSPS) is 10.8. The summed E-state index contributed by atoms with van der Waals surface area (Å²) in [6, 6.07) is 9.23. The summed E-state index contributed by atoms with van der Waals surface area (Å²) < 4.78 is 4.77. The Bertz CT molecular complexity index is 543. The fourth-order valence-electron chi connectivity index (χ4n) is 1.74. The Morgan fingerprint density at radius 1 is 1.35 bits per heavy atom. The first-order valence-corrected chi connectivity index (χ1v) is 5.39. The van der Waals surface area contributed by atoms with E-state index in [1.165, 1.54) is 6.07 Å². The largest absolute Gasteiger partial charge is 0.475 e. The predicted molar refractivity (Wildman–Crippen MR) is 63.0 cm³/mol. The quantitative estimate of drug-likeness (QED) is 0.881. The van der Waals surface area contributed by atoms with E-state index in [4.69, 9.17) is 9.63 Å². The van der Waals surface area contributed by atoms with Gasteiger partial charge in [-0.2, -0.15) is 0 Å². The number of carboxylic acid groups (broad SMARTS) is 1. The molecule has 0 amide bonds. The summed E-state index contributed by atoms with van der Waals surface area (Å²) in [5.41, 5.74) is 2.60. The maximum atomic E-state index is 10.7. The molecule has 88 valence electrons.